The molecule has 1 fully saturated rings. The second-order valence-corrected chi connectivity index (χ2v) is 6.62. The van der Waals surface area contributed by atoms with Crippen LogP contribution in [0.25, 0.3) is 0 Å². The van der Waals surface area contributed by atoms with Crippen molar-refractivity contribution < 1.29 is 9.47 Å². The summed E-state index contributed by atoms with van der Waals surface area (Å²) in [6.45, 7) is 0.587. The molecule has 1 saturated carbocycles. The monoisotopic (exact) mass is 390 g/mol. The second-order valence-electron chi connectivity index (χ2n) is 4.91. The molecule has 0 aliphatic heterocycles. The van der Waals surface area contributed by atoms with Gasteiger partial charge in [-0.1, -0.05) is 0 Å². The minimum absolute atomic E-state index is 0.0671. The molecule has 6 heteroatoms. The Hall–Kier alpha value is -0.750. The molecule has 2 rings (SSSR count). The summed E-state index contributed by atoms with van der Waals surface area (Å²) in [5.74, 6) is 1.75. The number of hydrogen-bond donors (Lipinski definition) is 2. The first-order chi connectivity index (χ1) is 8.96. The Labute approximate surface area is 129 Å². The van der Waals surface area contributed by atoms with Crippen LogP contribution < -0.4 is 15.2 Å². The summed E-state index contributed by atoms with van der Waals surface area (Å²) < 4.78 is 12.8. The second kappa shape index (κ2) is 5.71. The Kier molecular flexibility index (Phi) is 4.40. The van der Waals surface area contributed by atoms with E-state index in [9.17, 15) is 0 Å². The Morgan fingerprint density at radius 1 is 1.32 bits per heavy atom. The maximum absolute atomic E-state index is 7.39. The Balaban J connectivity index is 2.04. The van der Waals surface area contributed by atoms with Gasteiger partial charge in [-0.15, -0.1) is 0 Å². The molecule has 0 radical (unpaired) electrons. The van der Waals surface area contributed by atoms with Crippen LogP contribution in [-0.4, -0.2) is 19.6 Å². The fraction of sp³-hybridized carbons (Fsp3) is 0.462. The maximum atomic E-state index is 7.39. The third kappa shape index (κ3) is 3.63. The highest BCUT2D eigenvalue weighted by molar-refractivity contribution is 9.11. The van der Waals surface area contributed by atoms with Crippen molar-refractivity contribution in [2.45, 2.75) is 19.3 Å². The third-order valence-electron chi connectivity index (χ3n) is 3.26. The van der Waals surface area contributed by atoms with Crippen LogP contribution in [0.2, 0.25) is 0 Å². The average molecular weight is 392 g/mol. The van der Waals surface area contributed by atoms with Gasteiger partial charge in [0.05, 0.1) is 28.5 Å². The van der Waals surface area contributed by atoms with Crippen LogP contribution in [0.1, 0.15) is 19.3 Å². The molecule has 1 aliphatic rings. The Bertz CT molecular complexity index is 502. The van der Waals surface area contributed by atoms with Crippen molar-refractivity contribution >= 4 is 37.7 Å². The van der Waals surface area contributed by atoms with Gasteiger partial charge in [0.15, 0.2) is 0 Å². The molecular formula is C13H16Br2N2O2. The first-order valence-electron chi connectivity index (χ1n) is 5.94. The normalized spacial score (nSPS) is 15.9. The minimum atomic E-state index is 0.0671. The van der Waals surface area contributed by atoms with Crippen molar-refractivity contribution in [3.63, 3.8) is 0 Å². The molecule has 0 atom stereocenters. The molecule has 0 spiro atoms. The Morgan fingerprint density at radius 3 is 2.42 bits per heavy atom. The first-order valence-corrected chi connectivity index (χ1v) is 7.53. The lowest BCUT2D eigenvalue weighted by atomic mass is 10.0. The van der Waals surface area contributed by atoms with Gasteiger partial charge in [-0.25, -0.2) is 0 Å². The fourth-order valence-corrected chi connectivity index (χ4v) is 2.88. The van der Waals surface area contributed by atoms with Gasteiger partial charge in [0.25, 0.3) is 0 Å². The quantitative estimate of drug-likeness (QED) is 0.573. The van der Waals surface area contributed by atoms with Crippen molar-refractivity contribution in [2.75, 3.05) is 13.7 Å². The number of methoxy groups -OCH3 is 1. The highest BCUT2D eigenvalue weighted by atomic mass is 79.9. The van der Waals surface area contributed by atoms with E-state index in [-0.39, 0.29) is 11.3 Å². The maximum Gasteiger partial charge on any atom is 0.134 e. The zero-order valence-electron chi connectivity index (χ0n) is 10.6. The van der Waals surface area contributed by atoms with E-state index in [0.29, 0.717) is 13.0 Å². The van der Waals surface area contributed by atoms with Crippen LogP contribution in [-0.2, 0) is 0 Å². The summed E-state index contributed by atoms with van der Waals surface area (Å²) in [5, 5.41) is 7.39. The predicted octanol–water partition coefficient (Wildman–Crippen LogP) is 3.71. The summed E-state index contributed by atoms with van der Waals surface area (Å²) in [5.41, 5.74) is 5.54. The summed E-state index contributed by atoms with van der Waals surface area (Å²) in [4.78, 5) is 0. The topological polar surface area (TPSA) is 68.3 Å². The molecule has 0 saturated heterocycles. The van der Waals surface area contributed by atoms with Gasteiger partial charge in [0, 0.05) is 11.8 Å². The molecule has 0 unspecified atom stereocenters. The zero-order chi connectivity index (χ0) is 14.0. The van der Waals surface area contributed by atoms with Crippen molar-refractivity contribution in [2.24, 2.45) is 11.1 Å². The molecule has 19 heavy (non-hydrogen) atoms. The molecule has 104 valence electrons. The number of nitrogens with one attached hydrogen (secondary N) is 1. The number of ether oxygens (including phenoxy) is 2. The number of amidine groups is 1. The SMILES string of the molecule is COc1cc(Br)c(OCC2(CC(=N)N)CC2)cc1Br. The summed E-state index contributed by atoms with van der Waals surface area (Å²) in [7, 11) is 1.62. The lowest BCUT2D eigenvalue weighted by Gasteiger charge is -2.17. The van der Waals surface area contributed by atoms with Gasteiger partial charge in [-0.05, 0) is 56.8 Å². The van der Waals surface area contributed by atoms with E-state index in [1.54, 1.807) is 7.11 Å². The van der Waals surface area contributed by atoms with Crippen molar-refractivity contribution in [1.82, 2.24) is 0 Å². The summed E-state index contributed by atoms with van der Waals surface area (Å²) >= 11 is 6.91. The minimum Gasteiger partial charge on any atom is -0.496 e. The third-order valence-corrected chi connectivity index (χ3v) is 4.50. The van der Waals surface area contributed by atoms with E-state index in [1.807, 2.05) is 12.1 Å². The average Bonchev–Trinajstić information content (AvgIpc) is 3.09. The number of nitrogens with two attached hydrogens (primary N) is 1. The van der Waals surface area contributed by atoms with E-state index in [1.165, 1.54) is 0 Å². The van der Waals surface area contributed by atoms with Crippen LogP contribution in [0.5, 0.6) is 11.5 Å². The van der Waals surface area contributed by atoms with Crippen LogP contribution in [0.15, 0.2) is 21.1 Å². The van der Waals surface area contributed by atoms with Crippen molar-refractivity contribution in [3.8, 4) is 11.5 Å². The number of hydrogen-bond acceptors (Lipinski definition) is 3. The molecular weight excluding hydrogens is 376 g/mol. The summed E-state index contributed by atoms with van der Waals surface area (Å²) in [6, 6.07) is 3.75. The van der Waals surface area contributed by atoms with Crippen LogP contribution in [0.3, 0.4) is 0 Å². The van der Waals surface area contributed by atoms with E-state index in [4.69, 9.17) is 20.6 Å². The molecule has 0 aromatic heterocycles. The number of rotatable bonds is 6. The molecule has 1 aliphatic carbocycles. The van der Waals surface area contributed by atoms with Gasteiger partial charge >= 0.3 is 0 Å². The molecule has 4 nitrogen and oxygen atoms in total. The molecule has 1 aromatic rings. The molecule has 0 amide bonds. The molecule has 0 heterocycles. The highest BCUT2D eigenvalue weighted by Crippen LogP contribution is 2.49. The van der Waals surface area contributed by atoms with Gasteiger partial charge in [0.1, 0.15) is 11.5 Å². The lowest BCUT2D eigenvalue weighted by molar-refractivity contribution is 0.236. The molecule has 3 N–H and O–H groups in total. The van der Waals surface area contributed by atoms with E-state index in [0.717, 1.165) is 33.3 Å². The smallest absolute Gasteiger partial charge is 0.134 e. The van der Waals surface area contributed by atoms with Crippen molar-refractivity contribution in [1.29, 1.82) is 5.41 Å². The molecule has 0 bridgehead atoms. The zero-order valence-corrected chi connectivity index (χ0v) is 13.8. The summed E-state index contributed by atoms with van der Waals surface area (Å²) in [6.07, 6.45) is 2.75. The largest absolute Gasteiger partial charge is 0.496 e. The van der Waals surface area contributed by atoms with E-state index in [2.05, 4.69) is 31.9 Å². The van der Waals surface area contributed by atoms with Crippen LogP contribution in [0.4, 0.5) is 0 Å². The van der Waals surface area contributed by atoms with E-state index >= 15 is 0 Å². The van der Waals surface area contributed by atoms with Crippen LogP contribution in [0, 0.1) is 10.8 Å². The van der Waals surface area contributed by atoms with Gasteiger partial charge in [-0.3, -0.25) is 5.41 Å². The lowest BCUT2D eigenvalue weighted by Crippen LogP contribution is -2.21. The van der Waals surface area contributed by atoms with Crippen LogP contribution >= 0.6 is 31.9 Å². The molecule has 1 aromatic carbocycles. The standard InChI is InChI=1S/C13H16Br2N2O2/c1-18-10-4-9(15)11(5-8(10)14)19-7-13(2-3-13)6-12(16)17/h4-5H,2-3,6-7H2,1H3,(H3,16,17). The van der Waals surface area contributed by atoms with Gasteiger partial charge < -0.3 is 15.2 Å². The Morgan fingerprint density at radius 2 is 1.89 bits per heavy atom. The predicted molar refractivity (Wildman–Crippen MR) is 82.1 cm³/mol. The van der Waals surface area contributed by atoms with Crippen molar-refractivity contribution in [3.05, 3.63) is 21.1 Å². The van der Waals surface area contributed by atoms with Gasteiger partial charge in [0.2, 0.25) is 0 Å². The van der Waals surface area contributed by atoms with Gasteiger partial charge in [-0.2, -0.15) is 0 Å². The fourth-order valence-electron chi connectivity index (χ4n) is 1.96. The number of benzene rings is 1. The van der Waals surface area contributed by atoms with E-state index < -0.39 is 0 Å². The first kappa shape index (κ1) is 14.7. The highest BCUT2D eigenvalue weighted by Gasteiger charge is 2.44. The number of halogens is 2.